The Morgan fingerprint density at radius 2 is 1.86 bits per heavy atom. The SMILES string of the molecule is CC(N)CCNC(=O)c1ccc(CS(=O)(=O)C(F)F)cc1. The molecule has 1 aromatic carbocycles. The zero-order valence-electron chi connectivity index (χ0n) is 11.6. The number of amides is 1. The molecule has 21 heavy (non-hydrogen) atoms. The first kappa shape index (κ1) is 17.5. The summed E-state index contributed by atoms with van der Waals surface area (Å²) in [5.41, 5.74) is 6.09. The molecule has 0 bridgehead atoms. The van der Waals surface area contributed by atoms with Crippen LogP contribution < -0.4 is 11.1 Å². The van der Waals surface area contributed by atoms with Gasteiger partial charge in [0.1, 0.15) is 0 Å². The van der Waals surface area contributed by atoms with E-state index in [1.807, 2.05) is 6.92 Å². The van der Waals surface area contributed by atoms with Crippen molar-refractivity contribution in [2.45, 2.75) is 30.9 Å². The predicted molar refractivity (Wildman–Crippen MR) is 75.7 cm³/mol. The molecule has 0 heterocycles. The highest BCUT2D eigenvalue weighted by atomic mass is 32.2. The average molecular weight is 320 g/mol. The number of rotatable bonds is 7. The third-order valence-electron chi connectivity index (χ3n) is 2.74. The summed E-state index contributed by atoms with van der Waals surface area (Å²) < 4.78 is 46.7. The molecule has 0 saturated heterocycles. The van der Waals surface area contributed by atoms with E-state index in [4.69, 9.17) is 5.73 Å². The van der Waals surface area contributed by atoms with Crippen LogP contribution >= 0.6 is 0 Å². The minimum absolute atomic E-state index is 0.0211. The molecule has 3 N–H and O–H groups in total. The number of hydrogen-bond donors (Lipinski definition) is 2. The molecular weight excluding hydrogens is 302 g/mol. The third kappa shape index (κ3) is 5.76. The fourth-order valence-corrected chi connectivity index (χ4v) is 2.35. The summed E-state index contributed by atoms with van der Waals surface area (Å²) in [5.74, 6) is -4.48. The van der Waals surface area contributed by atoms with Crippen molar-refractivity contribution in [3.8, 4) is 0 Å². The van der Waals surface area contributed by atoms with Crippen molar-refractivity contribution in [2.24, 2.45) is 5.73 Å². The van der Waals surface area contributed by atoms with Crippen molar-refractivity contribution in [1.82, 2.24) is 5.32 Å². The number of halogens is 2. The number of sulfone groups is 1. The van der Waals surface area contributed by atoms with Crippen LogP contribution in [-0.4, -0.2) is 32.7 Å². The van der Waals surface area contributed by atoms with Gasteiger partial charge in [-0.25, -0.2) is 8.42 Å². The second kappa shape index (κ2) is 7.46. The highest BCUT2D eigenvalue weighted by Crippen LogP contribution is 2.14. The van der Waals surface area contributed by atoms with E-state index in [-0.39, 0.29) is 17.5 Å². The largest absolute Gasteiger partial charge is 0.352 e. The van der Waals surface area contributed by atoms with E-state index in [1.165, 1.54) is 24.3 Å². The van der Waals surface area contributed by atoms with E-state index in [0.717, 1.165) is 0 Å². The first-order chi connectivity index (χ1) is 9.72. The van der Waals surface area contributed by atoms with Crippen LogP contribution in [0.2, 0.25) is 0 Å². The van der Waals surface area contributed by atoms with E-state index in [9.17, 15) is 22.0 Å². The Labute approximate surface area is 122 Å². The van der Waals surface area contributed by atoms with Crippen LogP contribution in [0.3, 0.4) is 0 Å². The van der Waals surface area contributed by atoms with Crippen LogP contribution in [0, 0.1) is 0 Å². The lowest BCUT2D eigenvalue weighted by atomic mass is 10.1. The molecule has 0 aliphatic heterocycles. The Bertz CT molecular complexity index is 572. The van der Waals surface area contributed by atoms with Gasteiger partial charge in [0, 0.05) is 18.2 Å². The molecular formula is C13H18F2N2O3S. The van der Waals surface area contributed by atoms with Gasteiger partial charge in [-0.05, 0) is 31.0 Å². The zero-order valence-corrected chi connectivity index (χ0v) is 12.4. The van der Waals surface area contributed by atoms with E-state index in [1.54, 1.807) is 0 Å². The summed E-state index contributed by atoms with van der Waals surface area (Å²) in [6, 6.07) is 5.47. The van der Waals surface area contributed by atoms with Gasteiger partial charge in [0.25, 0.3) is 5.91 Å². The summed E-state index contributed by atoms with van der Waals surface area (Å²) in [7, 11) is -4.46. The normalized spacial score (nSPS) is 13.2. The summed E-state index contributed by atoms with van der Waals surface area (Å²) in [6.45, 7) is 2.25. The molecule has 1 aromatic rings. The molecule has 0 aromatic heterocycles. The van der Waals surface area contributed by atoms with Crippen molar-refractivity contribution in [3.63, 3.8) is 0 Å². The molecule has 0 radical (unpaired) electrons. The van der Waals surface area contributed by atoms with Gasteiger partial charge in [-0.1, -0.05) is 12.1 Å². The fraction of sp³-hybridized carbons (Fsp3) is 0.462. The van der Waals surface area contributed by atoms with Gasteiger partial charge >= 0.3 is 5.76 Å². The van der Waals surface area contributed by atoms with Gasteiger partial charge in [-0.3, -0.25) is 4.79 Å². The van der Waals surface area contributed by atoms with Crippen molar-refractivity contribution in [3.05, 3.63) is 35.4 Å². The molecule has 1 unspecified atom stereocenters. The van der Waals surface area contributed by atoms with E-state index in [0.29, 0.717) is 18.5 Å². The molecule has 1 rings (SSSR count). The van der Waals surface area contributed by atoms with Crippen molar-refractivity contribution < 1.29 is 22.0 Å². The molecule has 5 nitrogen and oxygen atoms in total. The lowest BCUT2D eigenvalue weighted by molar-refractivity contribution is 0.0953. The minimum Gasteiger partial charge on any atom is -0.352 e. The molecule has 1 atom stereocenters. The number of nitrogens with two attached hydrogens (primary N) is 1. The van der Waals surface area contributed by atoms with Gasteiger partial charge in [-0.2, -0.15) is 8.78 Å². The second-order valence-corrected chi connectivity index (χ2v) is 6.76. The van der Waals surface area contributed by atoms with Gasteiger partial charge in [-0.15, -0.1) is 0 Å². The van der Waals surface area contributed by atoms with Crippen LogP contribution in [0.25, 0.3) is 0 Å². The summed E-state index contributed by atoms with van der Waals surface area (Å²) in [4.78, 5) is 11.7. The topological polar surface area (TPSA) is 89.3 Å². The molecule has 118 valence electrons. The lowest BCUT2D eigenvalue weighted by Crippen LogP contribution is -2.28. The highest BCUT2D eigenvalue weighted by Gasteiger charge is 2.24. The first-order valence-corrected chi connectivity index (χ1v) is 8.06. The van der Waals surface area contributed by atoms with Gasteiger partial charge in [0.2, 0.25) is 9.84 Å². The van der Waals surface area contributed by atoms with Crippen LogP contribution in [0.1, 0.15) is 29.3 Å². The van der Waals surface area contributed by atoms with Crippen LogP contribution in [0.4, 0.5) is 8.78 Å². The number of carbonyl (C=O) groups is 1. The lowest BCUT2D eigenvalue weighted by Gasteiger charge is -2.08. The Hall–Kier alpha value is -1.54. The van der Waals surface area contributed by atoms with Crippen molar-refractivity contribution >= 4 is 15.7 Å². The van der Waals surface area contributed by atoms with E-state index < -0.39 is 21.3 Å². The molecule has 0 aliphatic rings. The van der Waals surface area contributed by atoms with Crippen LogP contribution in [0.5, 0.6) is 0 Å². The van der Waals surface area contributed by atoms with Crippen molar-refractivity contribution in [1.29, 1.82) is 0 Å². The second-order valence-electron chi connectivity index (χ2n) is 4.79. The maximum absolute atomic E-state index is 12.2. The number of nitrogens with one attached hydrogen (secondary N) is 1. The molecule has 0 aliphatic carbocycles. The molecule has 1 amide bonds. The quantitative estimate of drug-likeness (QED) is 0.792. The standard InChI is InChI=1S/C13H18F2N2O3S/c1-9(16)6-7-17-12(18)11-4-2-10(3-5-11)8-21(19,20)13(14)15/h2-5,9,13H,6-8,16H2,1H3,(H,17,18). The number of carbonyl (C=O) groups excluding carboxylic acids is 1. The van der Waals surface area contributed by atoms with E-state index in [2.05, 4.69) is 5.32 Å². The minimum atomic E-state index is -4.46. The average Bonchev–Trinajstić information content (AvgIpc) is 2.38. The van der Waals surface area contributed by atoms with Crippen LogP contribution in [-0.2, 0) is 15.6 Å². The predicted octanol–water partition coefficient (Wildman–Crippen LogP) is 1.29. The van der Waals surface area contributed by atoms with Crippen LogP contribution in [0.15, 0.2) is 24.3 Å². The van der Waals surface area contributed by atoms with Gasteiger partial charge < -0.3 is 11.1 Å². The third-order valence-corrected chi connectivity index (χ3v) is 4.02. The Morgan fingerprint density at radius 1 is 1.29 bits per heavy atom. The highest BCUT2D eigenvalue weighted by molar-refractivity contribution is 7.90. The Balaban J connectivity index is 2.64. The fourth-order valence-electron chi connectivity index (χ4n) is 1.56. The van der Waals surface area contributed by atoms with Crippen molar-refractivity contribution in [2.75, 3.05) is 6.54 Å². The zero-order chi connectivity index (χ0) is 16.0. The smallest absolute Gasteiger partial charge is 0.337 e. The Kier molecular flexibility index (Phi) is 6.22. The Morgan fingerprint density at radius 3 is 2.33 bits per heavy atom. The number of alkyl halides is 2. The monoisotopic (exact) mass is 320 g/mol. The maximum atomic E-state index is 12.2. The number of hydrogen-bond acceptors (Lipinski definition) is 4. The summed E-state index contributed by atoms with van der Waals surface area (Å²) in [5, 5.41) is 2.66. The molecule has 0 fully saturated rings. The molecule has 0 spiro atoms. The number of benzene rings is 1. The maximum Gasteiger partial charge on any atom is 0.337 e. The molecule has 8 heteroatoms. The molecule has 0 saturated carbocycles. The first-order valence-electron chi connectivity index (χ1n) is 6.35. The van der Waals surface area contributed by atoms with Gasteiger partial charge in [0.05, 0.1) is 5.75 Å². The summed E-state index contributed by atoms with van der Waals surface area (Å²) in [6.07, 6.45) is 0.635. The summed E-state index contributed by atoms with van der Waals surface area (Å²) >= 11 is 0. The van der Waals surface area contributed by atoms with Gasteiger partial charge in [0.15, 0.2) is 0 Å². The van der Waals surface area contributed by atoms with E-state index >= 15 is 0 Å².